The van der Waals surface area contributed by atoms with Crippen molar-refractivity contribution in [1.29, 1.82) is 0 Å². The number of fused-ring (bicyclic) bond motifs is 2. The summed E-state index contributed by atoms with van der Waals surface area (Å²) < 4.78 is 0. The van der Waals surface area contributed by atoms with Gasteiger partial charge in [-0.1, -0.05) is 0 Å². The number of aryl methyl sites for hydroxylation is 1. The van der Waals surface area contributed by atoms with Gasteiger partial charge in [0, 0.05) is 57.5 Å². The molecule has 2 aromatic carbocycles. The number of nitrogens with two attached hydrogens (primary N) is 2. The summed E-state index contributed by atoms with van der Waals surface area (Å²) in [7, 11) is 0. The summed E-state index contributed by atoms with van der Waals surface area (Å²) in [6, 6.07) is 4.99. The molecule has 0 aliphatic carbocycles. The van der Waals surface area contributed by atoms with E-state index in [0.717, 1.165) is 0 Å². The van der Waals surface area contributed by atoms with Crippen molar-refractivity contribution in [1.82, 2.24) is 9.97 Å². The number of anilines is 1. The number of aromatic amines is 2. The first kappa shape index (κ1) is 21.1. The topological polar surface area (TPSA) is 199 Å². The minimum Gasteiger partial charge on any atom is -0.507 e. The molecule has 0 saturated carbocycles. The highest BCUT2D eigenvalue weighted by atomic mass is 16.4. The smallest absolute Gasteiger partial charge is 0.320 e. The monoisotopic (exact) mass is 438 g/mol. The first-order valence-corrected chi connectivity index (χ1v) is 9.83. The van der Waals surface area contributed by atoms with Crippen LogP contribution in [0.1, 0.15) is 17.5 Å². The van der Waals surface area contributed by atoms with Gasteiger partial charge in [-0.25, -0.2) is 0 Å². The quantitative estimate of drug-likeness (QED) is 0.215. The van der Waals surface area contributed by atoms with Crippen LogP contribution in [0.5, 0.6) is 11.5 Å². The van der Waals surface area contributed by atoms with Crippen molar-refractivity contribution in [3.63, 3.8) is 0 Å². The van der Waals surface area contributed by atoms with Gasteiger partial charge in [0.1, 0.15) is 23.4 Å². The predicted octanol–water partition coefficient (Wildman–Crippen LogP) is 2.28. The SMILES string of the molecule is Nc1[nH]c2ccc(O)c(-c3c(O)ccc4[nH]cc(CC(N)C(=O)O)c34)c2c1CCC(=O)O. The summed E-state index contributed by atoms with van der Waals surface area (Å²) in [5.41, 5.74) is 14.6. The van der Waals surface area contributed by atoms with E-state index in [1.807, 2.05) is 0 Å². The molecule has 10 heteroatoms. The number of carboxylic acid groups (broad SMARTS) is 2. The molecule has 10 N–H and O–H groups in total. The molecule has 0 bridgehead atoms. The molecule has 32 heavy (non-hydrogen) atoms. The Bertz CT molecular complexity index is 1370. The second-order valence-electron chi connectivity index (χ2n) is 7.64. The lowest BCUT2D eigenvalue weighted by Gasteiger charge is -2.14. The molecular formula is C22H22N4O6. The number of aliphatic carboxylic acids is 2. The number of carboxylic acids is 2. The van der Waals surface area contributed by atoms with E-state index in [1.54, 1.807) is 18.3 Å². The first-order chi connectivity index (χ1) is 15.2. The zero-order valence-electron chi connectivity index (χ0n) is 16.8. The van der Waals surface area contributed by atoms with E-state index in [9.17, 15) is 24.9 Å². The number of rotatable bonds is 7. The standard InChI is InChI=1S/C22H22N4O6/c23-11(22(31)32)7-9-8-25-12-2-4-14(27)19(17(9)12)20-15(28)5-3-13-18(20)10(21(24)26-13)1-6-16(29)30/h2-5,8,11,25-28H,1,6-7,23-24H2,(H,29,30)(H,31,32). The molecule has 4 rings (SSSR count). The molecule has 1 atom stereocenters. The highest BCUT2D eigenvalue weighted by Gasteiger charge is 2.25. The van der Waals surface area contributed by atoms with Crippen molar-refractivity contribution in [3.05, 3.63) is 41.6 Å². The highest BCUT2D eigenvalue weighted by molar-refractivity contribution is 6.11. The molecule has 0 aliphatic heterocycles. The van der Waals surface area contributed by atoms with Crippen molar-refractivity contribution >= 4 is 39.6 Å². The van der Waals surface area contributed by atoms with Crippen LogP contribution < -0.4 is 11.5 Å². The number of hydrogen-bond acceptors (Lipinski definition) is 6. The molecule has 0 spiro atoms. The van der Waals surface area contributed by atoms with E-state index in [0.29, 0.717) is 32.9 Å². The maximum Gasteiger partial charge on any atom is 0.320 e. The number of aromatic hydroxyl groups is 2. The Morgan fingerprint density at radius 2 is 1.59 bits per heavy atom. The van der Waals surface area contributed by atoms with Crippen molar-refractivity contribution in [3.8, 4) is 22.6 Å². The molecule has 166 valence electrons. The van der Waals surface area contributed by atoms with Gasteiger partial charge in [-0.2, -0.15) is 0 Å². The lowest BCUT2D eigenvalue weighted by molar-refractivity contribution is -0.138. The minimum atomic E-state index is -1.17. The number of nitrogen functional groups attached to an aromatic ring is 1. The second-order valence-corrected chi connectivity index (χ2v) is 7.64. The Balaban J connectivity index is 2.04. The van der Waals surface area contributed by atoms with Crippen LogP contribution >= 0.6 is 0 Å². The van der Waals surface area contributed by atoms with Crippen LogP contribution in [0.4, 0.5) is 5.82 Å². The molecule has 0 aliphatic rings. The van der Waals surface area contributed by atoms with Gasteiger partial charge in [-0.05, 0) is 36.2 Å². The average molecular weight is 438 g/mol. The van der Waals surface area contributed by atoms with E-state index in [4.69, 9.17) is 16.6 Å². The third kappa shape index (κ3) is 3.46. The fourth-order valence-electron chi connectivity index (χ4n) is 4.13. The number of phenolic OH excluding ortho intramolecular Hbond substituents is 2. The van der Waals surface area contributed by atoms with Crippen LogP contribution in [0.25, 0.3) is 32.9 Å². The van der Waals surface area contributed by atoms with Crippen LogP contribution in [-0.4, -0.2) is 48.4 Å². The number of phenols is 2. The maximum absolute atomic E-state index is 11.3. The summed E-state index contributed by atoms with van der Waals surface area (Å²) >= 11 is 0. The number of H-pyrrole nitrogens is 2. The van der Waals surface area contributed by atoms with Gasteiger partial charge in [-0.3, -0.25) is 9.59 Å². The molecule has 4 aromatic rings. The Labute approximate surface area is 181 Å². The Morgan fingerprint density at radius 1 is 0.969 bits per heavy atom. The zero-order valence-corrected chi connectivity index (χ0v) is 16.8. The fourth-order valence-corrected chi connectivity index (χ4v) is 4.13. The van der Waals surface area contributed by atoms with Crippen LogP contribution in [0, 0.1) is 0 Å². The van der Waals surface area contributed by atoms with Crippen molar-refractivity contribution in [2.45, 2.75) is 25.3 Å². The van der Waals surface area contributed by atoms with Gasteiger partial charge in [-0.15, -0.1) is 0 Å². The number of hydrogen-bond donors (Lipinski definition) is 8. The van der Waals surface area contributed by atoms with E-state index in [-0.39, 0.29) is 47.7 Å². The van der Waals surface area contributed by atoms with Gasteiger partial charge in [0.05, 0.1) is 0 Å². The fraction of sp³-hybridized carbons (Fsp3) is 0.182. The Kier molecular flexibility index (Phi) is 5.15. The summed E-state index contributed by atoms with van der Waals surface area (Å²) in [5, 5.41) is 41.0. The zero-order chi connectivity index (χ0) is 23.2. The van der Waals surface area contributed by atoms with E-state index in [2.05, 4.69) is 9.97 Å². The molecule has 0 saturated heterocycles. The largest absolute Gasteiger partial charge is 0.507 e. The highest BCUT2D eigenvalue weighted by Crippen LogP contribution is 2.47. The van der Waals surface area contributed by atoms with E-state index in [1.165, 1.54) is 12.1 Å². The average Bonchev–Trinajstić information content (AvgIpc) is 3.27. The van der Waals surface area contributed by atoms with Gasteiger partial charge < -0.3 is 41.9 Å². The molecule has 0 amide bonds. The lowest BCUT2D eigenvalue weighted by atomic mass is 9.91. The predicted molar refractivity (Wildman–Crippen MR) is 119 cm³/mol. The molecule has 1 unspecified atom stereocenters. The molecule has 0 fully saturated rings. The number of carbonyl (C=O) groups is 2. The summed E-state index contributed by atoms with van der Waals surface area (Å²) in [5.74, 6) is -2.19. The van der Waals surface area contributed by atoms with Gasteiger partial charge in [0.25, 0.3) is 0 Å². The minimum absolute atomic E-state index is 0.0102. The second kappa shape index (κ2) is 7.82. The van der Waals surface area contributed by atoms with E-state index >= 15 is 0 Å². The van der Waals surface area contributed by atoms with Gasteiger partial charge in [0.15, 0.2) is 0 Å². The van der Waals surface area contributed by atoms with Crippen LogP contribution in [0.3, 0.4) is 0 Å². The van der Waals surface area contributed by atoms with Crippen molar-refractivity contribution < 1.29 is 30.0 Å². The molecule has 2 heterocycles. The number of nitrogens with one attached hydrogen (secondary N) is 2. The van der Waals surface area contributed by atoms with E-state index < -0.39 is 18.0 Å². The third-order valence-corrected chi connectivity index (χ3v) is 5.58. The van der Waals surface area contributed by atoms with Crippen molar-refractivity contribution in [2.75, 3.05) is 5.73 Å². The molecule has 2 aromatic heterocycles. The third-order valence-electron chi connectivity index (χ3n) is 5.58. The molecular weight excluding hydrogens is 416 g/mol. The first-order valence-electron chi connectivity index (χ1n) is 9.83. The Morgan fingerprint density at radius 3 is 2.22 bits per heavy atom. The van der Waals surface area contributed by atoms with Gasteiger partial charge >= 0.3 is 11.9 Å². The maximum atomic E-state index is 11.3. The van der Waals surface area contributed by atoms with Crippen LogP contribution in [0.2, 0.25) is 0 Å². The summed E-state index contributed by atoms with van der Waals surface area (Å²) in [6.45, 7) is 0. The van der Waals surface area contributed by atoms with Crippen molar-refractivity contribution in [2.24, 2.45) is 5.73 Å². The number of benzene rings is 2. The van der Waals surface area contributed by atoms with Gasteiger partial charge in [0.2, 0.25) is 0 Å². The summed E-state index contributed by atoms with van der Waals surface area (Å²) in [6.07, 6.45) is 1.54. The van der Waals surface area contributed by atoms with Crippen LogP contribution in [-0.2, 0) is 22.4 Å². The number of aromatic nitrogens is 2. The Hall–Kier alpha value is -4.18. The lowest BCUT2D eigenvalue weighted by Crippen LogP contribution is -2.32. The molecule has 0 radical (unpaired) electrons. The normalized spacial score (nSPS) is 12.4. The summed E-state index contributed by atoms with van der Waals surface area (Å²) in [4.78, 5) is 28.5. The van der Waals surface area contributed by atoms with Crippen LogP contribution in [0.15, 0.2) is 30.5 Å². The molecule has 10 nitrogen and oxygen atoms in total.